The Labute approximate surface area is 162 Å². The zero-order chi connectivity index (χ0) is 19.1. The molecule has 1 aromatic carbocycles. The summed E-state index contributed by atoms with van der Waals surface area (Å²) in [7, 11) is 1.65. The van der Waals surface area contributed by atoms with Crippen LogP contribution in [0.3, 0.4) is 0 Å². The summed E-state index contributed by atoms with van der Waals surface area (Å²) in [5.41, 5.74) is 1.71. The van der Waals surface area contributed by atoms with Crippen LogP contribution < -0.4 is 0 Å². The van der Waals surface area contributed by atoms with Crippen molar-refractivity contribution in [3.8, 4) is 0 Å². The maximum absolute atomic E-state index is 12.8. The second-order valence-corrected chi connectivity index (χ2v) is 7.50. The molecule has 0 radical (unpaired) electrons. The zero-order valence-corrected chi connectivity index (χ0v) is 16.4. The number of ether oxygens (including phenoxy) is 1. The largest absolute Gasteiger partial charge is 0.380 e. The third kappa shape index (κ3) is 5.53. The fraction of sp³-hybridized carbons (Fsp3) is 0.619. The number of methoxy groups -OCH3 is 1. The lowest BCUT2D eigenvalue weighted by molar-refractivity contribution is -0.132. The molecule has 2 aliphatic rings. The second-order valence-electron chi connectivity index (χ2n) is 7.50. The molecule has 1 aromatic rings. The zero-order valence-electron chi connectivity index (χ0n) is 16.4. The molecule has 2 aliphatic heterocycles. The first-order valence-corrected chi connectivity index (χ1v) is 10.0. The Balaban J connectivity index is 1.48. The van der Waals surface area contributed by atoms with Crippen molar-refractivity contribution in [2.24, 2.45) is 0 Å². The van der Waals surface area contributed by atoms with Gasteiger partial charge in [0.05, 0.1) is 13.2 Å². The second kappa shape index (κ2) is 9.85. The minimum Gasteiger partial charge on any atom is -0.380 e. The number of piperazine rings is 1. The highest BCUT2D eigenvalue weighted by Crippen LogP contribution is 2.13. The van der Waals surface area contributed by atoms with Crippen molar-refractivity contribution in [3.05, 3.63) is 35.4 Å². The van der Waals surface area contributed by atoms with Crippen LogP contribution in [0.5, 0.6) is 0 Å². The lowest BCUT2D eigenvalue weighted by atomic mass is 10.1. The molecule has 148 valence electrons. The SMILES string of the molecule is COCc1cccc(C(=O)N2CCN(CC(=O)N3CCCCCC3)CC2)c1. The number of benzene rings is 1. The van der Waals surface area contributed by atoms with E-state index in [0.29, 0.717) is 31.8 Å². The highest BCUT2D eigenvalue weighted by atomic mass is 16.5. The summed E-state index contributed by atoms with van der Waals surface area (Å²) < 4.78 is 5.15. The molecule has 0 unspecified atom stereocenters. The highest BCUT2D eigenvalue weighted by Gasteiger charge is 2.25. The van der Waals surface area contributed by atoms with Crippen LogP contribution >= 0.6 is 0 Å². The van der Waals surface area contributed by atoms with Gasteiger partial charge in [0.25, 0.3) is 5.91 Å². The molecule has 0 aliphatic carbocycles. The lowest BCUT2D eigenvalue weighted by Crippen LogP contribution is -2.51. The van der Waals surface area contributed by atoms with Gasteiger partial charge in [0.15, 0.2) is 0 Å². The summed E-state index contributed by atoms with van der Waals surface area (Å²) in [6.07, 6.45) is 4.71. The first-order valence-electron chi connectivity index (χ1n) is 10.0. The molecule has 3 rings (SSSR count). The van der Waals surface area contributed by atoms with Crippen molar-refractivity contribution in [3.63, 3.8) is 0 Å². The van der Waals surface area contributed by atoms with E-state index in [2.05, 4.69) is 4.90 Å². The monoisotopic (exact) mass is 373 g/mol. The lowest BCUT2D eigenvalue weighted by Gasteiger charge is -2.35. The van der Waals surface area contributed by atoms with Crippen molar-refractivity contribution in [2.45, 2.75) is 32.3 Å². The third-order valence-corrected chi connectivity index (χ3v) is 5.46. The van der Waals surface area contributed by atoms with Crippen molar-refractivity contribution in [1.82, 2.24) is 14.7 Å². The van der Waals surface area contributed by atoms with Gasteiger partial charge in [0.1, 0.15) is 0 Å². The summed E-state index contributed by atoms with van der Waals surface area (Å²) >= 11 is 0. The number of hydrogen-bond donors (Lipinski definition) is 0. The molecule has 2 saturated heterocycles. The normalized spacial score (nSPS) is 19.0. The number of rotatable bonds is 5. The summed E-state index contributed by atoms with van der Waals surface area (Å²) in [6.45, 7) is 5.62. The maximum atomic E-state index is 12.8. The standard InChI is InChI=1S/C21H31N3O3/c1-27-17-18-7-6-8-19(15-18)21(26)24-13-11-22(12-14-24)16-20(25)23-9-4-2-3-5-10-23/h6-8,15H,2-5,9-14,16-17H2,1H3. The average molecular weight is 373 g/mol. The number of carbonyl (C=O) groups excluding carboxylic acids is 2. The van der Waals surface area contributed by atoms with Crippen molar-refractivity contribution in [1.29, 1.82) is 0 Å². The van der Waals surface area contributed by atoms with Gasteiger partial charge < -0.3 is 14.5 Å². The van der Waals surface area contributed by atoms with Gasteiger partial charge in [0.2, 0.25) is 5.91 Å². The predicted molar refractivity (Wildman–Crippen MR) is 105 cm³/mol. The first-order chi connectivity index (χ1) is 13.2. The Morgan fingerprint density at radius 1 is 0.926 bits per heavy atom. The van der Waals surface area contributed by atoms with Crippen molar-refractivity contribution in [2.75, 3.05) is 52.9 Å². The van der Waals surface area contributed by atoms with Crippen LogP contribution in [0.15, 0.2) is 24.3 Å². The quantitative estimate of drug-likeness (QED) is 0.792. The Morgan fingerprint density at radius 2 is 1.63 bits per heavy atom. The molecule has 6 heteroatoms. The first kappa shape index (κ1) is 19.8. The van der Waals surface area contributed by atoms with E-state index in [9.17, 15) is 9.59 Å². The molecule has 0 spiro atoms. The Kier molecular flexibility index (Phi) is 7.24. The van der Waals surface area contributed by atoms with Gasteiger partial charge in [-0.15, -0.1) is 0 Å². The maximum Gasteiger partial charge on any atom is 0.253 e. The minimum absolute atomic E-state index is 0.0615. The summed E-state index contributed by atoms with van der Waals surface area (Å²) in [4.78, 5) is 31.4. The van der Waals surface area contributed by atoms with Gasteiger partial charge in [-0.1, -0.05) is 25.0 Å². The molecular formula is C21H31N3O3. The Hall–Kier alpha value is -1.92. The van der Waals surface area contributed by atoms with Crippen LogP contribution in [-0.4, -0.2) is 79.4 Å². The van der Waals surface area contributed by atoms with E-state index in [0.717, 1.165) is 44.6 Å². The molecule has 0 bridgehead atoms. The number of nitrogens with zero attached hydrogens (tertiary/aromatic N) is 3. The highest BCUT2D eigenvalue weighted by molar-refractivity contribution is 5.94. The summed E-state index contributed by atoms with van der Waals surface area (Å²) in [5.74, 6) is 0.301. The van der Waals surface area contributed by atoms with E-state index in [-0.39, 0.29) is 11.8 Å². The van der Waals surface area contributed by atoms with Crippen molar-refractivity contribution < 1.29 is 14.3 Å². The van der Waals surface area contributed by atoms with Crippen LogP contribution in [0, 0.1) is 0 Å². The Morgan fingerprint density at radius 3 is 2.30 bits per heavy atom. The van der Waals surface area contributed by atoms with Gasteiger partial charge >= 0.3 is 0 Å². The van der Waals surface area contributed by atoms with Crippen LogP contribution in [0.4, 0.5) is 0 Å². The molecule has 6 nitrogen and oxygen atoms in total. The summed E-state index contributed by atoms with van der Waals surface area (Å²) in [6, 6.07) is 7.63. The molecule has 2 fully saturated rings. The van der Waals surface area contributed by atoms with Crippen LogP contribution in [0.25, 0.3) is 0 Å². The van der Waals surface area contributed by atoms with E-state index in [1.165, 1.54) is 12.8 Å². The van der Waals surface area contributed by atoms with E-state index in [4.69, 9.17) is 4.74 Å². The van der Waals surface area contributed by atoms with E-state index in [1.54, 1.807) is 7.11 Å². The number of amides is 2. The number of carbonyl (C=O) groups is 2. The third-order valence-electron chi connectivity index (χ3n) is 5.46. The van der Waals surface area contributed by atoms with Crippen molar-refractivity contribution >= 4 is 11.8 Å². The molecule has 2 heterocycles. The smallest absolute Gasteiger partial charge is 0.253 e. The van der Waals surface area contributed by atoms with Gasteiger partial charge in [-0.3, -0.25) is 14.5 Å². The van der Waals surface area contributed by atoms with E-state index >= 15 is 0 Å². The average Bonchev–Trinajstić information content (AvgIpc) is 2.98. The van der Waals surface area contributed by atoms with Crippen LogP contribution in [0.2, 0.25) is 0 Å². The van der Waals surface area contributed by atoms with Crippen LogP contribution in [0.1, 0.15) is 41.6 Å². The number of hydrogen-bond acceptors (Lipinski definition) is 4. The topological polar surface area (TPSA) is 53.1 Å². The number of likely N-dealkylation sites (tertiary alicyclic amines) is 1. The predicted octanol–water partition coefficient (Wildman–Crippen LogP) is 1.99. The minimum atomic E-state index is 0.0615. The molecule has 0 atom stereocenters. The summed E-state index contributed by atoms with van der Waals surface area (Å²) in [5, 5.41) is 0. The molecule has 0 N–H and O–H groups in total. The molecule has 0 saturated carbocycles. The van der Waals surface area contributed by atoms with Gasteiger partial charge in [0, 0.05) is 51.9 Å². The molecule has 27 heavy (non-hydrogen) atoms. The fourth-order valence-electron chi connectivity index (χ4n) is 3.86. The Bertz CT molecular complexity index is 633. The molecule has 0 aromatic heterocycles. The van der Waals surface area contributed by atoms with E-state index < -0.39 is 0 Å². The van der Waals surface area contributed by atoms with Gasteiger partial charge in [-0.25, -0.2) is 0 Å². The van der Waals surface area contributed by atoms with Gasteiger partial charge in [-0.2, -0.15) is 0 Å². The fourth-order valence-corrected chi connectivity index (χ4v) is 3.86. The molecular weight excluding hydrogens is 342 g/mol. The van der Waals surface area contributed by atoms with Gasteiger partial charge in [-0.05, 0) is 30.5 Å². The molecule has 2 amide bonds. The van der Waals surface area contributed by atoms with E-state index in [1.807, 2.05) is 34.1 Å². The van der Waals surface area contributed by atoms with Crippen LogP contribution in [-0.2, 0) is 16.1 Å².